The Morgan fingerprint density at radius 2 is 2.19 bits per heavy atom. The minimum atomic E-state index is -0.434. The number of rotatable bonds is 6. The summed E-state index contributed by atoms with van der Waals surface area (Å²) in [6.45, 7) is 0.513. The van der Waals surface area contributed by atoms with Crippen LogP contribution in [0.1, 0.15) is 29.5 Å². The van der Waals surface area contributed by atoms with Crippen LogP contribution >= 0.6 is 11.8 Å². The molecule has 2 amide bonds. The fraction of sp³-hybridized carbons (Fsp3) is 0.421. The van der Waals surface area contributed by atoms with Crippen molar-refractivity contribution in [3.63, 3.8) is 0 Å². The Morgan fingerprint density at radius 1 is 1.31 bits per heavy atom. The van der Waals surface area contributed by atoms with E-state index in [0.717, 1.165) is 24.1 Å². The molecule has 7 heteroatoms. The van der Waals surface area contributed by atoms with E-state index in [1.807, 2.05) is 24.3 Å². The van der Waals surface area contributed by atoms with Crippen molar-refractivity contribution in [3.8, 4) is 0 Å². The third kappa shape index (κ3) is 3.62. The molecule has 2 unspecified atom stereocenters. The van der Waals surface area contributed by atoms with Crippen molar-refractivity contribution in [2.45, 2.75) is 30.7 Å². The molecule has 0 spiro atoms. The highest BCUT2D eigenvalue weighted by Crippen LogP contribution is 2.45. The summed E-state index contributed by atoms with van der Waals surface area (Å²) in [5.41, 5.74) is 1.88. The first-order chi connectivity index (χ1) is 12.7. The predicted molar refractivity (Wildman–Crippen MR) is 98.2 cm³/mol. The van der Waals surface area contributed by atoms with E-state index in [1.54, 1.807) is 35.4 Å². The number of amides is 2. The van der Waals surface area contributed by atoms with E-state index in [9.17, 15) is 9.59 Å². The average Bonchev–Trinajstić information content (AvgIpc) is 3.19. The van der Waals surface area contributed by atoms with Crippen LogP contribution < -0.4 is 5.32 Å². The van der Waals surface area contributed by atoms with E-state index in [1.165, 1.54) is 0 Å². The second-order valence-electron chi connectivity index (χ2n) is 6.64. The van der Waals surface area contributed by atoms with Gasteiger partial charge in [0.25, 0.3) is 0 Å². The fourth-order valence-electron chi connectivity index (χ4n) is 3.17. The average molecular weight is 371 g/mol. The normalized spacial score (nSPS) is 22.4. The second-order valence-corrected chi connectivity index (χ2v) is 7.75. The van der Waals surface area contributed by atoms with Gasteiger partial charge in [0.15, 0.2) is 0 Å². The van der Waals surface area contributed by atoms with Crippen molar-refractivity contribution in [3.05, 3.63) is 54.2 Å². The van der Waals surface area contributed by atoms with Gasteiger partial charge in [0.2, 0.25) is 11.8 Å². The highest BCUT2D eigenvalue weighted by Gasteiger charge is 2.46. The van der Waals surface area contributed by atoms with Crippen molar-refractivity contribution in [2.24, 2.45) is 5.92 Å². The molecule has 2 aromatic heterocycles. The quantitative estimate of drug-likeness (QED) is 0.844. The van der Waals surface area contributed by atoms with E-state index in [4.69, 9.17) is 4.42 Å². The van der Waals surface area contributed by atoms with Crippen molar-refractivity contribution in [2.75, 3.05) is 12.3 Å². The Labute approximate surface area is 156 Å². The number of carbonyl (C=O) groups is 2. The molecule has 3 heterocycles. The maximum atomic E-state index is 12.8. The van der Waals surface area contributed by atoms with Crippen molar-refractivity contribution in [1.29, 1.82) is 0 Å². The molecule has 0 aromatic carbocycles. The molecule has 6 nitrogen and oxygen atoms in total. The molecule has 4 rings (SSSR count). The number of furan rings is 1. The fourth-order valence-corrected chi connectivity index (χ4v) is 4.58. The molecule has 2 atom stereocenters. The van der Waals surface area contributed by atoms with Gasteiger partial charge in [0.1, 0.15) is 11.4 Å². The van der Waals surface area contributed by atoms with Crippen molar-refractivity contribution < 1.29 is 14.0 Å². The molecule has 1 aliphatic heterocycles. The molecule has 2 aromatic rings. The third-order valence-electron chi connectivity index (χ3n) is 4.72. The smallest absolute Gasteiger partial charge is 0.243 e. The summed E-state index contributed by atoms with van der Waals surface area (Å²) in [4.78, 5) is 31.6. The van der Waals surface area contributed by atoms with Gasteiger partial charge < -0.3 is 14.6 Å². The van der Waals surface area contributed by atoms with E-state index >= 15 is 0 Å². The number of thioether (sulfide) groups is 1. The molecule has 26 heavy (non-hydrogen) atoms. The monoisotopic (exact) mass is 371 g/mol. The summed E-state index contributed by atoms with van der Waals surface area (Å²) in [5.74, 6) is 0.676. The Bertz CT molecular complexity index is 762. The van der Waals surface area contributed by atoms with Gasteiger partial charge >= 0.3 is 0 Å². The van der Waals surface area contributed by atoms with Crippen LogP contribution in [0.4, 0.5) is 0 Å². The zero-order chi connectivity index (χ0) is 17.9. The highest BCUT2D eigenvalue weighted by molar-refractivity contribution is 7.99. The molecular formula is C19H21N3O3S. The van der Waals surface area contributed by atoms with Gasteiger partial charge in [-0.15, -0.1) is 11.8 Å². The number of carbonyl (C=O) groups excluding carboxylic acids is 2. The zero-order valence-electron chi connectivity index (χ0n) is 14.3. The maximum Gasteiger partial charge on any atom is 0.243 e. The molecule has 1 saturated carbocycles. The zero-order valence-corrected chi connectivity index (χ0v) is 15.2. The van der Waals surface area contributed by atoms with Crippen molar-refractivity contribution >= 4 is 23.6 Å². The van der Waals surface area contributed by atoms with Gasteiger partial charge in [-0.05, 0) is 31.0 Å². The standard InChI is InChI=1S/C19H21N3O3S/c23-17(21-9-6-15-3-1-2-8-20-15)16-12-26-19(14-7-10-25-11-14)22(16)18(24)13-4-5-13/h1-3,7-8,10-11,13,16,19H,4-6,9,12H2,(H,21,23). The van der Waals surface area contributed by atoms with Gasteiger partial charge in [-0.1, -0.05) is 6.07 Å². The molecule has 0 radical (unpaired) electrons. The van der Waals surface area contributed by atoms with Crippen LogP contribution in [0.25, 0.3) is 0 Å². The molecule has 136 valence electrons. The number of nitrogens with one attached hydrogen (secondary N) is 1. The van der Waals surface area contributed by atoms with Crippen LogP contribution in [0.2, 0.25) is 0 Å². The lowest BCUT2D eigenvalue weighted by Gasteiger charge is -2.28. The van der Waals surface area contributed by atoms with Gasteiger partial charge in [0, 0.05) is 42.1 Å². The van der Waals surface area contributed by atoms with Gasteiger partial charge in [-0.25, -0.2) is 0 Å². The maximum absolute atomic E-state index is 12.8. The lowest BCUT2D eigenvalue weighted by molar-refractivity contribution is -0.140. The van der Waals surface area contributed by atoms with E-state index in [2.05, 4.69) is 10.3 Å². The van der Waals surface area contributed by atoms with Crippen LogP contribution in [0.15, 0.2) is 47.4 Å². The SMILES string of the molecule is O=C(NCCc1ccccn1)C1CSC(c2ccoc2)N1C(=O)C1CC1. The van der Waals surface area contributed by atoms with Crippen LogP contribution in [-0.2, 0) is 16.0 Å². The number of hydrogen-bond acceptors (Lipinski definition) is 5. The lowest BCUT2D eigenvalue weighted by Crippen LogP contribution is -2.48. The van der Waals surface area contributed by atoms with Gasteiger partial charge in [0.05, 0.1) is 12.5 Å². The Balaban J connectivity index is 1.42. The first kappa shape index (κ1) is 17.1. The Kier molecular flexibility index (Phi) is 4.97. The molecule has 0 bridgehead atoms. The molecule has 2 aliphatic rings. The van der Waals surface area contributed by atoms with Gasteiger partial charge in [-0.3, -0.25) is 14.6 Å². The molecule has 2 fully saturated rings. The van der Waals surface area contributed by atoms with Crippen LogP contribution in [-0.4, -0.2) is 40.0 Å². The molecule has 1 aliphatic carbocycles. The minimum absolute atomic E-state index is 0.0759. The van der Waals surface area contributed by atoms with E-state index in [0.29, 0.717) is 18.7 Å². The summed E-state index contributed by atoms with van der Waals surface area (Å²) >= 11 is 1.62. The van der Waals surface area contributed by atoms with Crippen LogP contribution in [0, 0.1) is 5.92 Å². The number of nitrogens with zero attached hydrogens (tertiary/aromatic N) is 2. The highest BCUT2D eigenvalue weighted by atomic mass is 32.2. The first-order valence-corrected chi connectivity index (χ1v) is 9.92. The first-order valence-electron chi connectivity index (χ1n) is 8.87. The molecule has 1 N–H and O–H groups in total. The van der Waals surface area contributed by atoms with Crippen molar-refractivity contribution in [1.82, 2.24) is 15.2 Å². The minimum Gasteiger partial charge on any atom is -0.472 e. The van der Waals surface area contributed by atoms with Crippen LogP contribution in [0.5, 0.6) is 0 Å². The molecule has 1 saturated heterocycles. The number of hydrogen-bond donors (Lipinski definition) is 1. The Hall–Kier alpha value is -2.28. The largest absolute Gasteiger partial charge is 0.472 e. The summed E-state index contributed by atoms with van der Waals surface area (Å²) < 4.78 is 5.18. The molecular weight excluding hydrogens is 350 g/mol. The van der Waals surface area contributed by atoms with E-state index in [-0.39, 0.29) is 23.1 Å². The summed E-state index contributed by atoms with van der Waals surface area (Å²) in [5, 5.41) is 2.83. The third-order valence-corrected chi connectivity index (χ3v) is 6.04. The second kappa shape index (κ2) is 7.53. The topological polar surface area (TPSA) is 75.4 Å². The number of aromatic nitrogens is 1. The predicted octanol–water partition coefficient (Wildman–Crippen LogP) is 2.39. The summed E-state index contributed by atoms with van der Waals surface area (Å²) in [7, 11) is 0. The summed E-state index contributed by atoms with van der Waals surface area (Å²) in [6.07, 6.45) is 7.53. The van der Waals surface area contributed by atoms with E-state index < -0.39 is 6.04 Å². The number of pyridine rings is 1. The van der Waals surface area contributed by atoms with Crippen LogP contribution in [0.3, 0.4) is 0 Å². The Morgan fingerprint density at radius 3 is 2.88 bits per heavy atom. The van der Waals surface area contributed by atoms with Gasteiger partial charge in [-0.2, -0.15) is 0 Å². The lowest BCUT2D eigenvalue weighted by atomic mass is 10.2. The summed E-state index contributed by atoms with van der Waals surface area (Å²) in [6, 6.07) is 7.18.